The van der Waals surface area contributed by atoms with Crippen molar-refractivity contribution in [3.63, 3.8) is 0 Å². The van der Waals surface area contributed by atoms with Crippen LogP contribution in [0.4, 0.5) is 0 Å². The molecule has 1 fully saturated rings. The van der Waals surface area contributed by atoms with E-state index in [1.807, 2.05) is 30.3 Å². The number of hydrazone groups is 1. The van der Waals surface area contributed by atoms with Crippen molar-refractivity contribution in [2.45, 2.75) is 32.2 Å². The summed E-state index contributed by atoms with van der Waals surface area (Å²) in [6.45, 7) is 0.748. The monoisotopic (exact) mass is 230 g/mol. The van der Waals surface area contributed by atoms with Gasteiger partial charge in [-0.15, -0.1) is 0 Å². The highest BCUT2D eigenvalue weighted by Crippen LogP contribution is 2.13. The van der Waals surface area contributed by atoms with Crippen LogP contribution in [0.3, 0.4) is 0 Å². The molecule has 0 bridgehead atoms. The Hall–Kier alpha value is -1.64. The second kappa shape index (κ2) is 5.62. The number of carbonyl (C=O) groups is 1. The van der Waals surface area contributed by atoms with Crippen LogP contribution in [-0.4, -0.2) is 23.6 Å². The Balaban J connectivity index is 1.98. The number of benzene rings is 1. The van der Waals surface area contributed by atoms with Gasteiger partial charge in [-0.05, 0) is 24.8 Å². The Morgan fingerprint density at radius 1 is 1.18 bits per heavy atom. The maximum atomic E-state index is 11.6. The predicted molar refractivity (Wildman–Crippen MR) is 68.8 cm³/mol. The fourth-order valence-electron chi connectivity index (χ4n) is 2.06. The van der Waals surface area contributed by atoms with Gasteiger partial charge in [0.25, 0.3) is 0 Å². The summed E-state index contributed by atoms with van der Waals surface area (Å²) in [4.78, 5) is 11.6. The topological polar surface area (TPSA) is 32.7 Å². The quantitative estimate of drug-likeness (QED) is 0.748. The smallest absolute Gasteiger partial charge is 0.178 e. The largest absolute Gasteiger partial charge is 0.295 e. The first-order valence-electron chi connectivity index (χ1n) is 6.11. The molecule has 17 heavy (non-hydrogen) atoms. The first-order chi connectivity index (χ1) is 8.25. The standard InChI is InChI=1S/C14H18N2O/c1-16(11-12-7-3-2-4-8-12)15-13-9-5-6-10-14(13)17/h2-4,7-8H,5-6,9-11H2,1H3. The lowest BCUT2D eigenvalue weighted by atomic mass is 9.97. The van der Waals surface area contributed by atoms with Crippen molar-refractivity contribution in [1.82, 2.24) is 5.01 Å². The maximum Gasteiger partial charge on any atom is 0.178 e. The van der Waals surface area contributed by atoms with Crippen LogP contribution in [0.25, 0.3) is 0 Å². The maximum absolute atomic E-state index is 11.6. The van der Waals surface area contributed by atoms with Crippen LogP contribution in [0.1, 0.15) is 31.2 Å². The van der Waals surface area contributed by atoms with Gasteiger partial charge in [0.15, 0.2) is 5.78 Å². The van der Waals surface area contributed by atoms with E-state index in [2.05, 4.69) is 17.2 Å². The molecule has 90 valence electrons. The van der Waals surface area contributed by atoms with Gasteiger partial charge in [0, 0.05) is 13.5 Å². The second-order valence-electron chi connectivity index (χ2n) is 4.48. The van der Waals surface area contributed by atoms with Crippen LogP contribution < -0.4 is 0 Å². The lowest BCUT2D eigenvalue weighted by molar-refractivity contribution is -0.113. The number of nitrogens with zero attached hydrogens (tertiary/aromatic N) is 2. The van der Waals surface area contributed by atoms with Gasteiger partial charge in [-0.25, -0.2) is 0 Å². The van der Waals surface area contributed by atoms with Crippen molar-refractivity contribution in [3.8, 4) is 0 Å². The normalized spacial score (nSPS) is 18.4. The van der Waals surface area contributed by atoms with Crippen LogP contribution in [0.15, 0.2) is 35.4 Å². The Morgan fingerprint density at radius 3 is 2.59 bits per heavy atom. The molecule has 3 nitrogen and oxygen atoms in total. The molecule has 0 atom stereocenters. The van der Waals surface area contributed by atoms with Gasteiger partial charge in [-0.1, -0.05) is 30.3 Å². The molecule has 0 aromatic heterocycles. The molecule has 0 spiro atoms. The van der Waals surface area contributed by atoms with E-state index in [1.165, 1.54) is 5.56 Å². The summed E-state index contributed by atoms with van der Waals surface area (Å²) < 4.78 is 0. The highest BCUT2D eigenvalue weighted by Gasteiger charge is 2.17. The van der Waals surface area contributed by atoms with Gasteiger partial charge in [0.1, 0.15) is 5.71 Å². The number of rotatable bonds is 3. The number of carbonyl (C=O) groups excluding carboxylic acids is 1. The third-order valence-corrected chi connectivity index (χ3v) is 2.93. The third-order valence-electron chi connectivity index (χ3n) is 2.93. The molecule has 2 rings (SSSR count). The minimum absolute atomic E-state index is 0.219. The van der Waals surface area contributed by atoms with Crippen LogP contribution in [0, 0.1) is 0 Å². The van der Waals surface area contributed by atoms with Crippen molar-refractivity contribution in [3.05, 3.63) is 35.9 Å². The second-order valence-corrected chi connectivity index (χ2v) is 4.48. The molecular weight excluding hydrogens is 212 g/mol. The molecule has 0 saturated heterocycles. The summed E-state index contributed by atoms with van der Waals surface area (Å²) in [6.07, 6.45) is 3.60. The molecule has 1 aromatic carbocycles. The first-order valence-corrected chi connectivity index (χ1v) is 6.11. The average molecular weight is 230 g/mol. The summed E-state index contributed by atoms with van der Waals surface area (Å²) in [5, 5.41) is 6.27. The molecule has 0 aliphatic heterocycles. The summed E-state index contributed by atoms with van der Waals surface area (Å²) in [6, 6.07) is 10.2. The summed E-state index contributed by atoms with van der Waals surface area (Å²) in [5.74, 6) is 0.219. The average Bonchev–Trinajstić information content (AvgIpc) is 2.33. The molecular formula is C14H18N2O. The summed E-state index contributed by atoms with van der Waals surface area (Å²) >= 11 is 0. The van der Waals surface area contributed by atoms with Crippen molar-refractivity contribution >= 4 is 11.5 Å². The van der Waals surface area contributed by atoms with E-state index in [0.717, 1.165) is 31.5 Å². The molecule has 0 radical (unpaired) electrons. The Kier molecular flexibility index (Phi) is 3.91. The minimum atomic E-state index is 0.219. The minimum Gasteiger partial charge on any atom is -0.295 e. The summed E-state index contributed by atoms with van der Waals surface area (Å²) in [5.41, 5.74) is 1.96. The van der Waals surface area contributed by atoms with E-state index in [-0.39, 0.29) is 5.78 Å². The van der Waals surface area contributed by atoms with Crippen molar-refractivity contribution in [2.75, 3.05) is 7.05 Å². The van der Waals surface area contributed by atoms with E-state index in [4.69, 9.17) is 0 Å². The molecule has 1 aliphatic rings. The molecule has 0 N–H and O–H groups in total. The first kappa shape index (κ1) is 11.8. The van der Waals surface area contributed by atoms with Gasteiger partial charge >= 0.3 is 0 Å². The van der Waals surface area contributed by atoms with Crippen molar-refractivity contribution < 1.29 is 4.79 Å². The zero-order valence-electron chi connectivity index (χ0n) is 10.2. The van der Waals surface area contributed by atoms with Crippen LogP contribution in [0.2, 0.25) is 0 Å². The zero-order valence-corrected chi connectivity index (χ0v) is 10.2. The number of hydrogen-bond acceptors (Lipinski definition) is 3. The van der Waals surface area contributed by atoms with Gasteiger partial charge in [-0.3, -0.25) is 9.80 Å². The fourth-order valence-corrected chi connectivity index (χ4v) is 2.06. The SMILES string of the molecule is CN(Cc1ccccc1)N=C1CCCCC1=O. The van der Waals surface area contributed by atoms with E-state index in [0.29, 0.717) is 6.42 Å². The molecule has 1 aromatic rings. The van der Waals surface area contributed by atoms with Crippen molar-refractivity contribution in [1.29, 1.82) is 0 Å². The Labute approximate surface area is 102 Å². The molecule has 1 saturated carbocycles. The Bertz CT molecular complexity index is 411. The number of hydrogen-bond donors (Lipinski definition) is 0. The van der Waals surface area contributed by atoms with Gasteiger partial charge in [0.2, 0.25) is 0 Å². The molecule has 0 heterocycles. The van der Waals surface area contributed by atoms with E-state index in [1.54, 1.807) is 0 Å². The van der Waals surface area contributed by atoms with Gasteiger partial charge < -0.3 is 0 Å². The zero-order chi connectivity index (χ0) is 12.1. The molecule has 3 heteroatoms. The Morgan fingerprint density at radius 2 is 1.88 bits per heavy atom. The molecule has 0 unspecified atom stereocenters. The van der Waals surface area contributed by atoms with Crippen LogP contribution in [-0.2, 0) is 11.3 Å². The lowest BCUT2D eigenvalue weighted by Crippen LogP contribution is -2.23. The number of ketones is 1. The van der Waals surface area contributed by atoms with Crippen molar-refractivity contribution in [2.24, 2.45) is 5.10 Å². The highest BCUT2D eigenvalue weighted by molar-refractivity contribution is 6.40. The van der Waals surface area contributed by atoms with E-state index in [9.17, 15) is 4.79 Å². The van der Waals surface area contributed by atoms with Gasteiger partial charge in [-0.2, -0.15) is 5.10 Å². The molecule has 1 aliphatic carbocycles. The van der Waals surface area contributed by atoms with Crippen LogP contribution >= 0.6 is 0 Å². The summed E-state index contributed by atoms with van der Waals surface area (Å²) in [7, 11) is 1.92. The lowest BCUT2D eigenvalue weighted by Gasteiger charge is -2.17. The van der Waals surface area contributed by atoms with E-state index < -0.39 is 0 Å². The highest BCUT2D eigenvalue weighted by atomic mass is 16.1. The third kappa shape index (κ3) is 3.41. The number of Topliss-reactive ketones (excluding diaryl/α,β-unsaturated/α-hetero) is 1. The van der Waals surface area contributed by atoms with Gasteiger partial charge in [0.05, 0.1) is 6.54 Å². The predicted octanol–water partition coefficient (Wildman–Crippen LogP) is 2.62. The molecule has 0 amide bonds. The van der Waals surface area contributed by atoms with Crippen LogP contribution in [0.5, 0.6) is 0 Å². The van der Waals surface area contributed by atoms with E-state index >= 15 is 0 Å². The fraction of sp³-hybridized carbons (Fsp3) is 0.429.